The van der Waals surface area contributed by atoms with E-state index in [1.54, 1.807) is 11.3 Å². The van der Waals surface area contributed by atoms with Gasteiger partial charge in [0.05, 0.1) is 12.2 Å². The molecule has 0 saturated carbocycles. The highest BCUT2D eigenvalue weighted by Crippen LogP contribution is 2.28. The number of halogens is 1. The van der Waals surface area contributed by atoms with E-state index in [0.717, 1.165) is 32.3 Å². The molecule has 0 atom stereocenters. The van der Waals surface area contributed by atoms with Gasteiger partial charge in [-0.05, 0) is 38.1 Å². The van der Waals surface area contributed by atoms with Crippen molar-refractivity contribution in [2.24, 2.45) is 0 Å². The SMILES string of the molecule is Cc1ccc(-c2nnc(CCC(=O)NCc3nc(-c4ccc(Cl)cc4)c(C)s3)o2)cc1. The molecule has 4 rings (SSSR count). The lowest BCUT2D eigenvalue weighted by Crippen LogP contribution is -2.22. The van der Waals surface area contributed by atoms with Gasteiger partial charge in [0.1, 0.15) is 5.01 Å². The number of aromatic nitrogens is 3. The van der Waals surface area contributed by atoms with Crippen molar-refractivity contribution in [2.45, 2.75) is 33.2 Å². The van der Waals surface area contributed by atoms with Crippen molar-refractivity contribution in [3.8, 4) is 22.7 Å². The number of nitrogens with one attached hydrogen (secondary N) is 1. The zero-order chi connectivity index (χ0) is 21.8. The van der Waals surface area contributed by atoms with E-state index < -0.39 is 0 Å². The quantitative estimate of drug-likeness (QED) is 0.407. The first-order valence-corrected chi connectivity index (χ1v) is 11.1. The van der Waals surface area contributed by atoms with Crippen molar-refractivity contribution in [1.82, 2.24) is 20.5 Å². The van der Waals surface area contributed by atoms with E-state index in [-0.39, 0.29) is 12.3 Å². The molecular weight excluding hydrogens is 432 g/mol. The van der Waals surface area contributed by atoms with Gasteiger partial charge in [-0.25, -0.2) is 4.98 Å². The number of rotatable bonds is 7. The number of aryl methyl sites for hydroxylation is 3. The number of benzene rings is 2. The first-order chi connectivity index (χ1) is 15.0. The summed E-state index contributed by atoms with van der Waals surface area (Å²) in [5.41, 5.74) is 3.96. The lowest BCUT2D eigenvalue weighted by Gasteiger charge is -2.01. The summed E-state index contributed by atoms with van der Waals surface area (Å²) >= 11 is 7.53. The molecule has 31 heavy (non-hydrogen) atoms. The molecule has 0 aliphatic rings. The Labute approximate surface area is 189 Å². The van der Waals surface area contributed by atoms with Crippen LogP contribution in [0.25, 0.3) is 22.7 Å². The molecule has 0 bridgehead atoms. The summed E-state index contributed by atoms with van der Waals surface area (Å²) in [5, 5.41) is 12.6. The van der Waals surface area contributed by atoms with E-state index in [2.05, 4.69) is 20.5 Å². The molecule has 0 aliphatic carbocycles. The van der Waals surface area contributed by atoms with Crippen LogP contribution in [-0.2, 0) is 17.8 Å². The van der Waals surface area contributed by atoms with Crippen molar-refractivity contribution < 1.29 is 9.21 Å². The molecule has 0 aliphatic heterocycles. The van der Waals surface area contributed by atoms with E-state index in [1.807, 2.05) is 62.4 Å². The van der Waals surface area contributed by atoms with Crippen molar-refractivity contribution in [3.05, 3.63) is 74.9 Å². The normalized spacial score (nSPS) is 10.9. The minimum absolute atomic E-state index is 0.0871. The van der Waals surface area contributed by atoms with Crippen LogP contribution in [0, 0.1) is 13.8 Å². The van der Waals surface area contributed by atoms with Crippen LogP contribution in [-0.4, -0.2) is 21.1 Å². The van der Waals surface area contributed by atoms with Gasteiger partial charge in [-0.2, -0.15) is 0 Å². The van der Waals surface area contributed by atoms with Gasteiger partial charge in [-0.15, -0.1) is 21.5 Å². The smallest absolute Gasteiger partial charge is 0.247 e. The fourth-order valence-electron chi connectivity index (χ4n) is 3.05. The number of hydrogen-bond donors (Lipinski definition) is 1. The zero-order valence-corrected chi connectivity index (χ0v) is 18.8. The molecule has 0 unspecified atom stereocenters. The van der Waals surface area contributed by atoms with Gasteiger partial charge in [0.25, 0.3) is 0 Å². The second kappa shape index (κ2) is 9.41. The molecule has 0 spiro atoms. The predicted octanol–water partition coefficient (Wildman–Crippen LogP) is 5.38. The van der Waals surface area contributed by atoms with E-state index in [9.17, 15) is 4.79 Å². The van der Waals surface area contributed by atoms with Crippen molar-refractivity contribution in [2.75, 3.05) is 0 Å². The summed E-state index contributed by atoms with van der Waals surface area (Å²) in [6.45, 7) is 4.43. The number of thiazole rings is 1. The molecule has 6 nitrogen and oxygen atoms in total. The number of carbonyl (C=O) groups is 1. The fraction of sp³-hybridized carbons (Fsp3) is 0.217. The molecule has 2 aromatic heterocycles. The molecule has 158 valence electrons. The summed E-state index contributed by atoms with van der Waals surface area (Å²) in [5.74, 6) is 0.820. The molecule has 0 saturated heterocycles. The van der Waals surface area contributed by atoms with Gasteiger partial charge in [0, 0.05) is 33.9 Å². The molecule has 4 aromatic rings. The molecule has 2 aromatic carbocycles. The van der Waals surface area contributed by atoms with Crippen LogP contribution in [0.1, 0.15) is 27.8 Å². The maximum atomic E-state index is 12.3. The van der Waals surface area contributed by atoms with E-state index >= 15 is 0 Å². The molecule has 2 heterocycles. The Morgan fingerprint density at radius 2 is 1.74 bits per heavy atom. The van der Waals surface area contributed by atoms with Crippen molar-refractivity contribution in [1.29, 1.82) is 0 Å². The molecule has 1 amide bonds. The predicted molar refractivity (Wildman–Crippen MR) is 122 cm³/mol. The topological polar surface area (TPSA) is 80.9 Å². The zero-order valence-electron chi connectivity index (χ0n) is 17.2. The maximum Gasteiger partial charge on any atom is 0.247 e. The van der Waals surface area contributed by atoms with Crippen LogP contribution < -0.4 is 5.32 Å². The molecule has 0 radical (unpaired) electrons. The summed E-state index contributed by atoms with van der Waals surface area (Å²) in [6.07, 6.45) is 0.654. The van der Waals surface area contributed by atoms with Crippen LogP contribution in [0.3, 0.4) is 0 Å². The van der Waals surface area contributed by atoms with Crippen LogP contribution in [0.2, 0.25) is 5.02 Å². The standard InChI is InChI=1S/C23H21ClN4O2S/c1-14-3-5-17(6-4-14)23-28-27-20(30-23)12-11-19(29)25-13-21-26-22(15(2)31-21)16-7-9-18(24)10-8-16/h3-10H,11-13H2,1-2H3,(H,25,29). The Kier molecular flexibility index (Phi) is 6.44. The van der Waals surface area contributed by atoms with Gasteiger partial charge in [-0.1, -0.05) is 41.4 Å². The molecule has 1 N–H and O–H groups in total. The molecular formula is C23H21ClN4O2S. The van der Waals surface area contributed by atoms with Crippen molar-refractivity contribution in [3.63, 3.8) is 0 Å². The largest absolute Gasteiger partial charge is 0.421 e. The van der Waals surface area contributed by atoms with Crippen LogP contribution in [0.15, 0.2) is 52.9 Å². The van der Waals surface area contributed by atoms with Gasteiger partial charge in [0.2, 0.25) is 17.7 Å². The van der Waals surface area contributed by atoms with E-state index in [1.165, 1.54) is 0 Å². The second-order valence-corrected chi connectivity index (χ2v) is 8.89. The van der Waals surface area contributed by atoms with E-state index in [0.29, 0.717) is 29.8 Å². The van der Waals surface area contributed by atoms with Gasteiger partial charge >= 0.3 is 0 Å². The van der Waals surface area contributed by atoms with Crippen LogP contribution in [0.5, 0.6) is 0 Å². The monoisotopic (exact) mass is 452 g/mol. The lowest BCUT2D eigenvalue weighted by molar-refractivity contribution is -0.121. The Hall–Kier alpha value is -3.03. The highest BCUT2D eigenvalue weighted by atomic mass is 35.5. The summed E-state index contributed by atoms with van der Waals surface area (Å²) < 4.78 is 5.68. The molecule has 8 heteroatoms. The third-order valence-corrected chi connectivity index (χ3v) is 5.95. The first kappa shape index (κ1) is 21.2. The lowest BCUT2D eigenvalue weighted by atomic mass is 10.1. The van der Waals surface area contributed by atoms with Gasteiger partial charge in [-0.3, -0.25) is 4.79 Å². The minimum Gasteiger partial charge on any atom is -0.421 e. The second-order valence-electron chi connectivity index (χ2n) is 7.16. The third kappa shape index (κ3) is 5.37. The number of hydrogen-bond acceptors (Lipinski definition) is 6. The Morgan fingerprint density at radius 3 is 2.48 bits per heavy atom. The molecule has 0 fully saturated rings. The number of carbonyl (C=O) groups excluding carboxylic acids is 1. The first-order valence-electron chi connectivity index (χ1n) is 9.86. The van der Waals surface area contributed by atoms with Gasteiger partial charge in [0.15, 0.2) is 0 Å². The third-order valence-electron chi connectivity index (χ3n) is 4.73. The van der Waals surface area contributed by atoms with Gasteiger partial charge < -0.3 is 9.73 Å². The van der Waals surface area contributed by atoms with Crippen molar-refractivity contribution >= 4 is 28.8 Å². The number of nitrogens with zero attached hydrogens (tertiary/aromatic N) is 3. The summed E-state index contributed by atoms with van der Waals surface area (Å²) in [7, 11) is 0. The van der Waals surface area contributed by atoms with Crippen LogP contribution >= 0.6 is 22.9 Å². The minimum atomic E-state index is -0.0871. The average Bonchev–Trinajstić information content (AvgIpc) is 3.38. The fourth-order valence-corrected chi connectivity index (χ4v) is 4.07. The summed E-state index contributed by atoms with van der Waals surface area (Å²) in [4.78, 5) is 18.0. The average molecular weight is 453 g/mol. The Balaban J connectivity index is 1.30. The highest BCUT2D eigenvalue weighted by molar-refractivity contribution is 7.12. The number of amides is 1. The Bertz CT molecular complexity index is 1180. The summed E-state index contributed by atoms with van der Waals surface area (Å²) in [6, 6.07) is 15.4. The highest BCUT2D eigenvalue weighted by Gasteiger charge is 2.13. The maximum absolute atomic E-state index is 12.3. The van der Waals surface area contributed by atoms with Crippen LogP contribution in [0.4, 0.5) is 0 Å². The van der Waals surface area contributed by atoms with E-state index in [4.69, 9.17) is 16.0 Å². The Morgan fingerprint density at radius 1 is 1.03 bits per heavy atom.